The van der Waals surface area contributed by atoms with Gasteiger partial charge in [0.2, 0.25) is 0 Å². The van der Waals surface area contributed by atoms with Crippen LogP contribution in [0.1, 0.15) is 79.1 Å². The Balaban J connectivity index is 1.71. The van der Waals surface area contributed by atoms with Crippen LogP contribution in [-0.4, -0.2) is 23.3 Å². The van der Waals surface area contributed by atoms with Gasteiger partial charge in [-0.2, -0.15) is 0 Å². The molecule has 152 valence electrons. The first-order chi connectivity index (χ1) is 12.8. The number of aliphatic hydroxyl groups excluding tert-OH is 1. The van der Waals surface area contributed by atoms with Gasteiger partial charge in [0.1, 0.15) is 11.6 Å². The molecule has 0 radical (unpaired) electrons. The van der Waals surface area contributed by atoms with Crippen molar-refractivity contribution in [1.82, 2.24) is 0 Å². The summed E-state index contributed by atoms with van der Waals surface area (Å²) in [5.74, 6) is 3.23. The molecule has 0 heterocycles. The molecule has 27 heavy (non-hydrogen) atoms. The van der Waals surface area contributed by atoms with E-state index >= 15 is 0 Å². The SMILES string of the molecule is CC[C@H]1C(=O)C2C(CC[C@@]3(C)C2CC[C@@H]3[C@H](C)CO)[C@@]2(C)CCC(=O)CC12. The maximum Gasteiger partial charge on any atom is 0.139 e. The van der Waals surface area contributed by atoms with Crippen molar-refractivity contribution in [3.63, 3.8) is 0 Å². The Labute approximate surface area is 164 Å². The van der Waals surface area contributed by atoms with E-state index in [4.69, 9.17) is 0 Å². The fourth-order valence-corrected chi connectivity index (χ4v) is 8.55. The summed E-state index contributed by atoms with van der Waals surface area (Å²) >= 11 is 0. The molecule has 0 aromatic carbocycles. The lowest BCUT2D eigenvalue weighted by Crippen LogP contribution is -2.60. The Bertz CT molecular complexity index is 627. The Morgan fingerprint density at radius 1 is 1.04 bits per heavy atom. The monoisotopic (exact) mass is 374 g/mol. The molecule has 0 aliphatic heterocycles. The fourth-order valence-electron chi connectivity index (χ4n) is 8.55. The largest absolute Gasteiger partial charge is 0.396 e. The van der Waals surface area contributed by atoms with Crippen LogP contribution in [0.4, 0.5) is 0 Å². The Morgan fingerprint density at radius 2 is 1.74 bits per heavy atom. The van der Waals surface area contributed by atoms with Gasteiger partial charge in [-0.05, 0) is 78.9 Å². The van der Waals surface area contributed by atoms with Crippen molar-refractivity contribution in [2.75, 3.05) is 6.61 Å². The summed E-state index contributed by atoms with van der Waals surface area (Å²) in [4.78, 5) is 26.0. The van der Waals surface area contributed by atoms with Crippen molar-refractivity contribution in [3.05, 3.63) is 0 Å². The Hall–Kier alpha value is -0.700. The van der Waals surface area contributed by atoms with Gasteiger partial charge >= 0.3 is 0 Å². The molecule has 0 bridgehead atoms. The molecular weight excluding hydrogens is 336 g/mol. The van der Waals surface area contributed by atoms with E-state index in [0.717, 1.165) is 32.1 Å². The van der Waals surface area contributed by atoms with Crippen LogP contribution >= 0.6 is 0 Å². The summed E-state index contributed by atoms with van der Waals surface area (Å²) in [5, 5.41) is 9.79. The third-order valence-corrected chi connectivity index (χ3v) is 10.0. The van der Waals surface area contributed by atoms with Gasteiger partial charge in [-0.3, -0.25) is 9.59 Å². The molecule has 0 saturated heterocycles. The van der Waals surface area contributed by atoms with E-state index < -0.39 is 0 Å². The average Bonchev–Trinajstić information content (AvgIpc) is 3.00. The number of fused-ring (bicyclic) bond motifs is 5. The van der Waals surface area contributed by atoms with Gasteiger partial charge in [0, 0.05) is 31.3 Å². The predicted molar refractivity (Wildman–Crippen MR) is 106 cm³/mol. The van der Waals surface area contributed by atoms with Gasteiger partial charge < -0.3 is 5.11 Å². The van der Waals surface area contributed by atoms with Crippen LogP contribution in [0.15, 0.2) is 0 Å². The second-order valence-corrected chi connectivity index (χ2v) is 10.9. The third-order valence-electron chi connectivity index (χ3n) is 10.0. The van der Waals surface area contributed by atoms with Crippen LogP contribution in [-0.2, 0) is 9.59 Å². The minimum Gasteiger partial charge on any atom is -0.396 e. The summed E-state index contributed by atoms with van der Waals surface area (Å²) < 4.78 is 0. The quantitative estimate of drug-likeness (QED) is 0.782. The zero-order valence-corrected chi connectivity index (χ0v) is 17.7. The molecule has 0 amide bonds. The molecule has 0 spiro atoms. The number of carbonyl (C=O) groups excluding carboxylic acids is 2. The molecule has 4 aliphatic rings. The molecular formula is C24H38O3. The second-order valence-electron chi connectivity index (χ2n) is 10.9. The van der Waals surface area contributed by atoms with Crippen LogP contribution in [0.2, 0.25) is 0 Å². The van der Waals surface area contributed by atoms with E-state index in [1.807, 2.05) is 0 Å². The Morgan fingerprint density at radius 3 is 2.41 bits per heavy atom. The van der Waals surface area contributed by atoms with Gasteiger partial charge in [0.05, 0.1) is 0 Å². The van der Waals surface area contributed by atoms with Gasteiger partial charge in [-0.15, -0.1) is 0 Å². The summed E-state index contributed by atoms with van der Waals surface area (Å²) in [7, 11) is 0. The van der Waals surface area contributed by atoms with Crippen molar-refractivity contribution < 1.29 is 14.7 Å². The molecule has 4 aliphatic carbocycles. The molecule has 4 rings (SSSR count). The van der Waals surface area contributed by atoms with Crippen molar-refractivity contribution in [2.24, 2.45) is 52.3 Å². The predicted octanol–water partition coefficient (Wildman–Crippen LogP) is 4.66. The zero-order valence-electron chi connectivity index (χ0n) is 17.7. The minimum atomic E-state index is 0.0807. The van der Waals surface area contributed by atoms with E-state index in [9.17, 15) is 14.7 Å². The number of aliphatic hydroxyl groups is 1. The maximum absolute atomic E-state index is 13.8. The lowest BCUT2D eigenvalue weighted by molar-refractivity contribution is -0.170. The highest BCUT2D eigenvalue weighted by atomic mass is 16.3. The third kappa shape index (κ3) is 2.63. The fraction of sp³-hybridized carbons (Fsp3) is 0.917. The molecule has 9 atom stereocenters. The molecule has 1 N–H and O–H groups in total. The van der Waals surface area contributed by atoms with Crippen molar-refractivity contribution >= 4 is 11.6 Å². The maximum atomic E-state index is 13.8. The van der Waals surface area contributed by atoms with E-state index in [2.05, 4.69) is 27.7 Å². The van der Waals surface area contributed by atoms with Crippen LogP contribution in [0.3, 0.4) is 0 Å². The van der Waals surface area contributed by atoms with Crippen molar-refractivity contribution in [1.29, 1.82) is 0 Å². The number of hydrogen-bond acceptors (Lipinski definition) is 3. The summed E-state index contributed by atoms with van der Waals surface area (Å²) in [5.41, 5.74) is 0.361. The molecule has 0 aromatic rings. The van der Waals surface area contributed by atoms with Gasteiger partial charge in [0.25, 0.3) is 0 Å². The van der Waals surface area contributed by atoms with Gasteiger partial charge in [-0.25, -0.2) is 0 Å². The lowest BCUT2D eigenvalue weighted by Gasteiger charge is -2.61. The summed E-state index contributed by atoms with van der Waals surface area (Å²) in [6.07, 6.45) is 7.85. The highest BCUT2D eigenvalue weighted by Gasteiger charge is 2.65. The zero-order chi connectivity index (χ0) is 19.6. The number of rotatable bonds is 3. The average molecular weight is 375 g/mol. The van der Waals surface area contributed by atoms with Gasteiger partial charge in [0.15, 0.2) is 0 Å². The van der Waals surface area contributed by atoms with Crippen molar-refractivity contribution in [2.45, 2.75) is 79.1 Å². The Kier molecular flexibility index (Phi) is 4.85. The van der Waals surface area contributed by atoms with Crippen molar-refractivity contribution in [3.8, 4) is 0 Å². The van der Waals surface area contributed by atoms with E-state index in [0.29, 0.717) is 48.1 Å². The normalized spacial score (nSPS) is 50.7. The first-order valence-corrected chi connectivity index (χ1v) is 11.4. The standard InChI is InChI=1S/C24H38O3/c1-5-16-20-12-15(26)8-10-24(20,4)19-9-11-23(3)17(14(2)13-25)6-7-18(23)21(19)22(16)27/h14,16-21,25H,5-13H2,1-4H3/t14-,16-,17-,18?,19?,20?,21?,23-,24-/m1/s1. The topological polar surface area (TPSA) is 54.4 Å². The van der Waals surface area contributed by atoms with Crippen LogP contribution < -0.4 is 0 Å². The van der Waals surface area contributed by atoms with Crippen LogP contribution in [0, 0.1) is 52.3 Å². The van der Waals surface area contributed by atoms with E-state index in [-0.39, 0.29) is 35.2 Å². The summed E-state index contributed by atoms with van der Waals surface area (Å²) in [6, 6.07) is 0. The molecule has 4 fully saturated rings. The first-order valence-electron chi connectivity index (χ1n) is 11.4. The number of Topliss-reactive ketones (excluding diaryl/α,β-unsaturated/α-hetero) is 2. The highest BCUT2D eigenvalue weighted by Crippen LogP contribution is 2.68. The molecule has 3 heteroatoms. The van der Waals surface area contributed by atoms with Gasteiger partial charge in [-0.1, -0.05) is 27.7 Å². The number of ketones is 2. The van der Waals surface area contributed by atoms with E-state index in [1.165, 1.54) is 6.42 Å². The molecule has 0 aromatic heterocycles. The number of hydrogen-bond donors (Lipinski definition) is 1. The minimum absolute atomic E-state index is 0.0807. The molecule has 3 nitrogen and oxygen atoms in total. The molecule has 4 saturated carbocycles. The van der Waals surface area contributed by atoms with Crippen LogP contribution in [0.5, 0.6) is 0 Å². The first kappa shape index (κ1) is 19.6. The van der Waals surface area contributed by atoms with Crippen LogP contribution in [0.25, 0.3) is 0 Å². The van der Waals surface area contributed by atoms with E-state index in [1.54, 1.807) is 0 Å². The smallest absolute Gasteiger partial charge is 0.139 e. The molecule has 4 unspecified atom stereocenters. The highest BCUT2D eigenvalue weighted by molar-refractivity contribution is 5.88. The summed E-state index contributed by atoms with van der Waals surface area (Å²) in [6.45, 7) is 9.43. The number of carbonyl (C=O) groups is 2. The second kappa shape index (κ2) is 6.68. The lowest BCUT2D eigenvalue weighted by atomic mass is 9.42.